The Labute approximate surface area is 73.8 Å². The van der Waals surface area contributed by atoms with Gasteiger partial charge >= 0.3 is 0 Å². The Morgan fingerprint density at radius 2 is 2.17 bits per heavy atom. The molecule has 72 valence electrons. The molecule has 1 rings (SSSR count). The van der Waals surface area contributed by atoms with E-state index in [4.69, 9.17) is 10.2 Å². The van der Waals surface area contributed by atoms with Crippen molar-refractivity contribution in [3.63, 3.8) is 0 Å². The molecule has 0 aromatic carbocycles. The highest BCUT2D eigenvalue weighted by Crippen LogP contribution is 2.29. The summed E-state index contributed by atoms with van der Waals surface area (Å²) < 4.78 is 0. The van der Waals surface area contributed by atoms with Crippen molar-refractivity contribution in [2.75, 3.05) is 13.2 Å². The first-order valence-electron chi connectivity index (χ1n) is 4.76. The fourth-order valence-corrected chi connectivity index (χ4v) is 1.49. The third kappa shape index (κ3) is 2.73. The number of nitrogens with one attached hydrogen (secondary N) is 1. The summed E-state index contributed by atoms with van der Waals surface area (Å²) in [5, 5.41) is 20.9. The summed E-state index contributed by atoms with van der Waals surface area (Å²) in [5.74, 6) is 0.788. The van der Waals surface area contributed by atoms with Gasteiger partial charge in [-0.15, -0.1) is 0 Å². The normalized spacial score (nSPS) is 23.2. The minimum Gasteiger partial charge on any atom is -0.394 e. The minimum absolute atomic E-state index is 0.148. The standard InChI is InChI=1S/C9H19NO2/c1-7(8-3-2-4-8)10-5-9(12)6-11/h7-12H,2-6H2,1H3/t7?,9-/m0/s1. The van der Waals surface area contributed by atoms with Gasteiger partial charge in [0.25, 0.3) is 0 Å². The van der Waals surface area contributed by atoms with E-state index in [1.165, 1.54) is 19.3 Å². The van der Waals surface area contributed by atoms with Crippen molar-refractivity contribution >= 4 is 0 Å². The smallest absolute Gasteiger partial charge is 0.0895 e. The van der Waals surface area contributed by atoms with Crippen LogP contribution < -0.4 is 5.32 Å². The Kier molecular flexibility index (Phi) is 3.98. The second kappa shape index (κ2) is 4.80. The van der Waals surface area contributed by atoms with Crippen LogP contribution in [0.3, 0.4) is 0 Å². The maximum atomic E-state index is 9.07. The molecule has 0 heterocycles. The third-order valence-electron chi connectivity index (χ3n) is 2.74. The quantitative estimate of drug-likeness (QED) is 0.553. The maximum absolute atomic E-state index is 9.07. The lowest BCUT2D eigenvalue weighted by atomic mass is 9.80. The molecule has 0 aromatic heterocycles. The molecule has 0 aliphatic heterocycles. The summed E-state index contributed by atoms with van der Waals surface area (Å²) in [5.41, 5.74) is 0. The lowest BCUT2D eigenvalue weighted by Crippen LogP contribution is -2.41. The van der Waals surface area contributed by atoms with Crippen LogP contribution in [0.1, 0.15) is 26.2 Å². The van der Waals surface area contributed by atoms with Gasteiger partial charge in [0.15, 0.2) is 0 Å². The monoisotopic (exact) mass is 173 g/mol. The molecule has 3 heteroatoms. The van der Waals surface area contributed by atoms with Crippen molar-refractivity contribution in [3.05, 3.63) is 0 Å². The highest BCUT2D eigenvalue weighted by molar-refractivity contribution is 4.79. The Bertz CT molecular complexity index is 126. The molecule has 0 bridgehead atoms. The Balaban J connectivity index is 2.05. The van der Waals surface area contributed by atoms with E-state index in [1.54, 1.807) is 0 Å². The van der Waals surface area contributed by atoms with Gasteiger partial charge in [-0.25, -0.2) is 0 Å². The summed E-state index contributed by atoms with van der Waals surface area (Å²) in [6, 6.07) is 0.486. The van der Waals surface area contributed by atoms with Crippen molar-refractivity contribution in [1.29, 1.82) is 0 Å². The number of hydrogen-bond donors (Lipinski definition) is 3. The second-order valence-corrected chi connectivity index (χ2v) is 3.72. The van der Waals surface area contributed by atoms with Crippen molar-refractivity contribution in [1.82, 2.24) is 5.32 Å². The lowest BCUT2D eigenvalue weighted by molar-refractivity contribution is 0.0874. The summed E-state index contributed by atoms with van der Waals surface area (Å²) >= 11 is 0. The molecule has 0 aromatic rings. The zero-order valence-electron chi connectivity index (χ0n) is 7.66. The number of rotatable bonds is 5. The van der Waals surface area contributed by atoms with Gasteiger partial charge in [0.2, 0.25) is 0 Å². The van der Waals surface area contributed by atoms with Gasteiger partial charge in [0.05, 0.1) is 12.7 Å². The molecular weight excluding hydrogens is 154 g/mol. The average Bonchev–Trinajstić information content (AvgIpc) is 1.97. The molecule has 0 amide bonds. The molecule has 3 nitrogen and oxygen atoms in total. The predicted molar refractivity (Wildman–Crippen MR) is 47.9 cm³/mol. The van der Waals surface area contributed by atoms with Crippen LogP contribution in [-0.4, -0.2) is 35.5 Å². The van der Waals surface area contributed by atoms with E-state index < -0.39 is 6.10 Å². The molecule has 0 spiro atoms. The fraction of sp³-hybridized carbons (Fsp3) is 1.00. The molecule has 12 heavy (non-hydrogen) atoms. The first-order valence-corrected chi connectivity index (χ1v) is 4.76. The van der Waals surface area contributed by atoms with Crippen LogP contribution in [-0.2, 0) is 0 Å². The molecule has 3 N–H and O–H groups in total. The molecule has 0 saturated heterocycles. The maximum Gasteiger partial charge on any atom is 0.0895 e. The van der Waals surface area contributed by atoms with Crippen LogP contribution in [0.4, 0.5) is 0 Å². The van der Waals surface area contributed by atoms with E-state index in [-0.39, 0.29) is 6.61 Å². The van der Waals surface area contributed by atoms with Gasteiger partial charge in [0, 0.05) is 12.6 Å². The number of aliphatic hydroxyl groups excluding tert-OH is 2. The van der Waals surface area contributed by atoms with E-state index in [0.29, 0.717) is 12.6 Å². The molecule has 1 unspecified atom stereocenters. The SMILES string of the molecule is CC(NC[C@H](O)CO)C1CCC1. The van der Waals surface area contributed by atoms with Gasteiger partial charge < -0.3 is 15.5 Å². The van der Waals surface area contributed by atoms with Crippen LogP contribution in [0.5, 0.6) is 0 Å². The van der Waals surface area contributed by atoms with E-state index >= 15 is 0 Å². The van der Waals surface area contributed by atoms with Crippen LogP contribution in [0.25, 0.3) is 0 Å². The van der Waals surface area contributed by atoms with Crippen molar-refractivity contribution in [2.45, 2.75) is 38.3 Å². The molecule has 2 atom stereocenters. The molecule has 1 fully saturated rings. The number of aliphatic hydroxyl groups is 2. The largest absolute Gasteiger partial charge is 0.394 e. The van der Waals surface area contributed by atoms with E-state index in [1.807, 2.05) is 0 Å². The van der Waals surface area contributed by atoms with Crippen LogP contribution in [0, 0.1) is 5.92 Å². The molecule has 1 saturated carbocycles. The first-order chi connectivity index (χ1) is 5.74. The third-order valence-corrected chi connectivity index (χ3v) is 2.74. The molecule has 1 aliphatic rings. The fourth-order valence-electron chi connectivity index (χ4n) is 1.49. The first kappa shape index (κ1) is 9.96. The predicted octanol–water partition coefficient (Wildman–Crippen LogP) is 0.118. The second-order valence-electron chi connectivity index (χ2n) is 3.72. The average molecular weight is 173 g/mol. The van der Waals surface area contributed by atoms with Crippen LogP contribution >= 0.6 is 0 Å². The summed E-state index contributed by atoms with van der Waals surface area (Å²) in [6.45, 7) is 2.51. The van der Waals surface area contributed by atoms with Crippen molar-refractivity contribution < 1.29 is 10.2 Å². The van der Waals surface area contributed by atoms with E-state index in [0.717, 1.165) is 5.92 Å². The van der Waals surface area contributed by atoms with Crippen LogP contribution in [0.15, 0.2) is 0 Å². The molecule has 1 aliphatic carbocycles. The Hall–Kier alpha value is -0.120. The van der Waals surface area contributed by atoms with E-state index in [9.17, 15) is 0 Å². The number of hydrogen-bond acceptors (Lipinski definition) is 3. The van der Waals surface area contributed by atoms with Crippen molar-refractivity contribution in [2.24, 2.45) is 5.92 Å². The minimum atomic E-state index is -0.604. The summed E-state index contributed by atoms with van der Waals surface area (Å²) in [4.78, 5) is 0. The topological polar surface area (TPSA) is 52.5 Å². The van der Waals surface area contributed by atoms with E-state index in [2.05, 4.69) is 12.2 Å². The van der Waals surface area contributed by atoms with Gasteiger partial charge in [-0.2, -0.15) is 0 Å². The highest BCUT2D eigenvalue weighted by Gasteiger charge is 2.23. The molecular formula is C9H19NO2. The van der Waals surface area contributed by atoms with Gasteiger partial charge in [0.1, 0.15) is 0 Å². The summed E-state index contributed by atoms with van der Waals surface area (Å²) in [7, 11) is 0. The van der Waals surface area contributed by atoms with Crippen molar-refractivity contribution in [3.8, 4) is 0 Å². The van der Waals surface area contributed by atoms with Gasteiger partial charge in [-0.3, -0.25) is 0 Å². The van der Waals surface area contributed by atoms with Gasteiger partial charge in [-0.1, -0.05) is 6.42 Å². The lowest BCUT2D eigenvalue weighted by Gasteiger charge is -2.32. The van der Waals surface area contributed by atoms with Crippen LogP contribution in [0.2, 0.25) is 0 Å². The Morgan fingerprint density at radius 3 is 2.58 bits per heavy atom. The highest BCUT2D eigenvalue weighted by atomic mass is 16.3. The zero-order chi connectivity index (χ0) is 8.97. The zero-order valence-corrected chi connectivity index (χ0v) is 7.66. The molecule has 0 radical (unpaired) electrons. The van der Waals surface area contributed by atoms with Gasteiger partial charge in [-0.05, 0) is 25.7 Å². The summed E-state index contributed by atoms with van der Waals surface area (Å²) in [6.07, 6.45) is 3.36. The Morgan fingerprint density at radius 1 is 1.50 bits per heavy atom.